The Balaban J connectivity index is 0.00000162. The van der Waals surface area contributed by atoms with Crippen LogP contribution in [0.2, 0.25) is 0 Å². The number of Topliss-reactive ketones (excluding diaryl/α,β-unsaturated/α-hetero) is 2. The Bertz CT molecular complexity index is 475. The normalized spacial score (nSPS) is 8.84. The molecule has 0 aliphatic carbocycles. The minimum absolute atomic E-state index is 0. The van der Waals surface area contributed by atoms with Crippen LogP contribution in [0, 0.1) is 0 Å². The van der Waals surface area contributed by atoms with Crippen LogP contribution in [-0.4, -0.2) is 11.6 Å². The summed E-state index contributed by atoms with van der Waals surface area (Å²) in [7, 11) is 0. The Hall–Kier alpha value is -0.973. The minimum Gasteiger partial charge on any atom is -0.294 e. The number of carbonyl (C=O) groups excluding carboxylic acids is 2. The predicted molar refractivity (Wildman–Crippen MR) is 66.2 cm³/mol. The van der Waals surface area contributed by atoms with Crippen LogP contribution >= 0.6 is 0 Å². The van der Waals surface area contributed by atoms with Crippen LogP contribution in [0.15, 0.2) is 60.7 Å². The molecule has 0 amide bonds. The molecule has 0 aliphatic heterocycles. The van der Waals surface area contributed by atoms with Crippen LogP contribution in [0.4, 0.5) is 0 Å². The Morgan fingerprint density at radius 3 is 1.26 bits per heavy atom. The summed E-state index contributed by atoms with van der Waals surface area (Å²) in [4.78, 5) is 23.6. The molecule has 0 aliphatic rings. The first kappa shape index (κ1) is 18.0. The van der Waals surface area contributed by atoms with Gasteiger partial charge in [-0.25, -0.2) is 0 Å². The van der Waals surface area contributed by atoms with Gasteiger partial charge in [-0.05, 0) is 0 Å². The summed E-state index contributed by atoms with van der Waals surface area (Å²) < 4.78 is 0. The van der Waals surface area contributed by atoms with E-state index in [9.17, 15) is 9.59 Å². The average molecular weight is 355 g/mol. The number of benzene rings is 2. The van der Waals surface area contributed by atoms with E-state index in [1.165, 1.54) is 0 Å². The summed E-state index contributed by atoms with van der Waals surface area (Å²) in [6.45, 7) is 0. The molecule has 2 rings (SSSR count). The van der Waals surface area contributed by atoms with E-state index in [4.69, 9.17) is 0 Å². The first-order chi connectivity index (χ1) is 8.27. The molecule has 88 valence electrons. The van der Waals surface area contributed by atoms with Gasteiger partial charge in [-0.2, -0.15) is 0 Å². The summed E-state index contributed by atoms with van der Waals surface area (Å²) in [5.74, 6) is -0.279. The molecule has 0 fully saturated rings. The molecule has 2 aromatic carbocycles. The summed E-state index contributed by atoms with van der Waals surface area (Å²) in [5.41, 5.74) is 1.16. The SMILES string of the molecule is O=C(CC(=O)c1ccccc1)c1ccccc1.[Zn].[Zn]. The third-order valence-corrected chi connectivity index (χ3v) is 2.51. The maximum Gasteiger partial charge on any atom is 0.170 e. The van der Waals surface area contributed by atoms with Crippen LogP contribution in [0.5, 0.6) is 0 Å². The summed E-state index contributed by atoms with van der Waals surface area (Å²) in [6, 6.07) is 17.7. The quantitative estimate of drug-likeness (QED) is 0.480. The van der Waals surface area contributed by atoms with E-state index in [1.807, 2.05) is 12.1 Å². The van der Waals surface area contributed by atoms with Gasteiger partial charge in [0.15, 0.2) is 11.6 Å². The Morgan fingerprint density at radius 1 is 0.632 bits per heavy atom. The van der Waals surface area contributed by atoms with Gasteiger partial charge in [0.2, 0.25) is 0 Å². The molecule has 0 atom stereocenters. The third kappa shape index (κ3) is 5.26. The van der Waals surface area contributed by atoms with Gasteiger partial charge >= 0.3 is 0 Å². The maximum absolute atomic E-state index is 11.8. The Morgan fingerprint density at radius 2 is 0.947 bits per heavy atom. The van der Waals surface area contributed by atoms with Gasteiger partial charge in [-0.3, -0.25) is 9.59 Å². The van der Waals surface area contributed by atoms with Crippen molar-refractivity contribution in [3.63, 3.8) is 0 Å². The fraction of sp³-hybridized carbons (Fsp3) is 0.0667. The number of hydrogen-bond acceptors (Lipinski definition) is 2. The molecule has 0 spiro atoms. The van der Waals surface area contributed by atoms with E-state index >= 15 is 0 Å². The van der Waals surface area contributed by atoms with Gasteiger partial charge in [0.1, 0.15) is 0 Å². The molecule has 19 heavy (non-hydrogen) atoms. The molecule has 4 heteroatoms. The van der Waals surface area contributed by atoms with Crippen molar-refractivity contribution in [1.82, 2.24) is 0 Å². The number of rotatable bonds is 4. The van der Waals surface area contributed by atoms with Crippen molar-refractivity contribution in [3.05, 3.63) is 71.8 Å². The molecule has 0 N–H and O–H groups in total. The monoisotopic (exact) mass is 352 g/mol. The van der Waals surface area contributed by atoms with Gasteiger partial charge in [0, 0.05) is 50.1 Å². The van der Waals surface area contributed by atoms with Gasteiger partial charge in [0.25, 0.3) is 0 Å². The second-order valence-electron chi connectivity index (χ2n) is 3.76. The van der Waals surface area contributed by atoms with Crippen LogP contribution in [0.25, 0.3) is 0 Å². The Labute approximate surface area is 138 Å². The zero-order valence-electron chi connectivity index (χ0n) is 10.7. The van der Waals surface area contributed by atoms with E-state index in [2.05, 4.69) is 0 Å². The first-order valence-corrected chi connectivity index (χ1v) is 5.44. The fourth-order valence-electron chi connectivity index (χ4n) is 1.60. The Kier molecular flexibility index (Phi) is 8.55. The topological polar surface area (TPSA) is 34.1 Å². The van der Waals surface area contributed by atoms with Crippen molar-refractivity contribution in [1.29, 1.82) is 0 Å². The van der Waals surface area contributed by atoms with Crippen molar-refractivity contribution in [2.45, 2.75) is 6.42 Å². The molecule has 2 nitrogen and oxygen atoms in total. The minimum atomic E-state index is -0.139. The molecule has 0 unspecified atom stereocenters. The van der Waals surface area contributed by atoms with E-state index in [0.29, 0.717) is 11.1 Å². The average Bonchev–Trinajstić information content (AvgIpc) is 2.40. The summed E-state index contributed by atoms with van der Waals surface area (Å²) in [5, 5.41) is 0. The van der Waals surface area contributed by atoms with Gasteiger partial charge in [-0.15, -0.1) is 0 Å². The third-order valence-electron chi connectivity index (χ3n) is 2.51. The maximum atomic E-state index is 11.8. The fourth-order valence-corrected chi connectivity index (χ4v) is 1.60. The number of carbonyl (C=O) groups is 2. The smallest absolute Gasteiger partial charge is 0.170 e. The molecule has 0 aromatic heterocycles. The van der Waals surface area contributed by atoms with E-state index in [1.54, 1.807) is 48.5 Å². The summed E-state index contributed by atoms with van der Waals surface area (Å²) in [6.07, 6.45) is -0.0754. The standard InChI is InChI=1S/C15H12O2.2Zn/c16-14(12-7-3-1-4-8-12)11-15(17)13-9-5-2-6-10-13;;/h1-10H,11H2;;. The molecule has 0 bridgehead atoms. The molecule has 0 radical (unpaired) electrons. The molecule has 0 saturated carbocycles. The number of ketones is 2. The molecule has 2 aromatic rings. The molecular formula is C15H12O2Zn2. The van der Waals surface area contributed by atoms with Crippen LogP contribution in [-0.2, 0) is 39.0 Å². The first-order valence-electron chi connectivity index (χ1n) is 5.44. The van der Waals surface area contributed by atoms with Crippen molar-refractivity contribution < 1.29 is 48.5 Å². The van der Waals surface area contributed by atoms with Crippen molar-refractivity contribution >= 4 is 11.6 Å². The largest absolute Gasteiger partial charge is 0.294 e. The summed E-state index contributed by atoms with van der Waals surface area (Å²) >= 11 is 0. The molecular weight excluding hydrogens is 343 g/mol. The second kappa shape index (κ2) is 9.01. The second-order valence-corrected chi connectivity index (χ2v) is 3.76. The van der Waals surface area contributed by atoms with E-state index in [0.717, 1.165) is 0 Å². The van der Waals surface area contributed by atoms with E-state index in [-0.39, 0.29) is 56.9 Å². The van der Waals surface area contributed by atoms with Crippen molar-refractivity contribution in [3.8, 4) is 0 Å². The molecule has 0 saturated heterocycles. The van der Waals surface area contributed by atoms with Gasteiger partial charge in [-0.1, -0.05) is 60.7 Å². The van der Waals surface area contributed by atoms with Crippen LogP contribution < -0.4 is 0 Å². The zero-order valence-corrected chi connectivity index (χ0v) is 16.6. The number of hydrogen-bond donors (Lipinski definition) is 0. The van der Waals surface area contributed by atoms with Crippen molar-refractivity contribution in [2.75, 3.05) is 0 Å². The van der Waals surface area contributed by atoms with Crippen molar-refractivity contribution in [2.24, 2.45) is 0 Å². The van der Waals surface area contributed by atoms with Gasteiger partial charge in [0.05, 0.1) is 6.42 Å². The van der Waals surface area contributed by atoms with Crippen LogP contribution in [0.1, 0.15) is 27.1 Å². The van der Waals surface area contributed by atoms with E-state index < -0.39 is 0 Å². The molecule has 0 heterocycles. The predicted octanol–water partition coefficient (Wildman–Crippen LogP) is 3.14. The van der Waals surface area contributed by atoms with Gasteiger partial charge < -0.3 is 0 Å². The zero-order chi connectivity index (χ0) is 12.1. The van der Waals surface area contributed by atoms with Crippen LogP contribution in [0.3, 0.4) is 0 Å².